The molecule has 10 nitrogen and oxygen atoms in total. The Morgan fingerprint density at radius 2 is 1.69 bits per heavy atom. The van der Waals surface area contributed by atoms with E-state index in [4.69, 9.17) is 9.47 Å². The summed E-state index contributed by atoms with van der Waals surface area (Å²) in [7, 11) is 1.71. The zero-order chi connectivity index (χ0) is 37.6. The minimum atomic E-state index is -1.48. The maximum absolute atomic E-state index is 15.4. The van der Waals surface area contributed by atoms with Crippen LogP contribution in [0.5, 0.6) is 0 Å². The number of cyclic esters (lactones) is 1. The molecule has 51 heavy (non-hydrogen) atoms. The van der Waals surface area contributed by atoms with Gasteiger partial charge in [-0.25, -0.2) is 0 Å². The summed E-state index contributed by atoms with van der Waals surface area (Å²) in [6.45, 7) is 16.1. The number of likely N-dealkylation sites (tertiary alicyclic amines) is 1. The maximum Gasteiger partial charge on any atom is 0.313 e. The molecule has 2 fully saturated rings. The van der Waals surface area contributed by atoms with Crippen molar-refractivity contribution < 1.29 is 33.8 Å². The third-order valence-electron chi connectivity index (χ3n) is 11.5. The van der Waals surface area contributed by atoms with Crippen LogP contribution in [0.25, 0.3) is 0 Å². The maximum atomic E-state index is 15.4. The fourth-order valence-electron chi connectivity index (χ4n) is 8.96. The molecule has 1 aromatic carbocycles. The molecule has 5 rings (SSSR count). The summed E-state index contributed by atoms with van der Waals surface area (Å²) in [4.78, 5) is 63.5. The lowest BCUT2D eigenvalue weighted by molar-refractivity contribution is -0.165. The number of aliphatic hydroxyl groups excluding tert-OH is 1. The number of hydrogen-bond donors (Lipinski definition) is 1. The van der Waals surface area contributed by atoms with Crippen LogP contribution in [0.1, 0.15) is 92.7 Å². The normalized spacial score (nSPS) is 32.5. The topological polar surface area (TPSA) is 117 Å². The molecule has 0 aliphatic carbocycles. The number of aliphatic hydroxyl groups is 1. The van der Waals surface area contributed by atoms with Crippen LogP contribution in [0, 0.1) is 23.2 Å². The van der Waals surface area contributed by atoms with Crippen LogP contribution in [0.2, 0.25) is 0 Å². The van der Waals surface area contributed by atoms with E-state index in [9.17, 15) is 19.5 Å². The van der Waals surface area contributed by atoms with Gasteiger partial charge in [-0.15, -0.1) is 0 Å². The van der Waals surface area contributed by atoms with Crippen LogP contribution in [-0.2, 0) is 28.7 Å². The first-order chi connectivity index (χ1) is 23.9. The van der Waals surface area contributed by atoms with Crippen molar-refractivity contribution in [2.45, 2.75) is 123 Å². The zero-order valence-corrected chi connectivity index (χ0v) is 33.2. The average Bonchev–Trinajstić information content (AvgIpc) is 3.66. The Hall–Kier alpha value is -3.02. The van der Waals surface area contributed by atoms with E-state index in [0.29, 0.717) is 29.3 Å². The molecule has 5 bridgehead atoms. The fourth-order valence-corrected chi connectivity index (χ4v) is 9.69. The first-order valence-corrected chi connectivity index (χ1v) is 19.2. The van der Waals surface area contributed by atoms with Gasteiger partial charge in [-0.2, -0.15) is 0 Å². The quantitative estimate of drug-likeness (QED) is 0.276. The van der Waals surface area contributed by atoms with Gasteiger partial charge < -0.3 is 29.3 Å². The van der Waals surface area contributed by atoms with E-state index in [1.807, 2.05) is 82.0 Å². The second kappa shape index (κ2) is 14.8. The minimum Gasteiger partial charge on any atom is -0.455 e. The molecule has 3 amide bonds. The molecular weight excluding hydrogens is 714 g/mol. The molecule has 0 aromatic heterocycles. The number of carbonyl (C=O) groups is 4. The Kier molecular flexibility index (Phi) is 11.4. The molecule has 4 aliphatic heterocycles. The molecule has 0 unspecified atom stereocenters. The molecule has 1 N–H and O–H groups in total. The zero-order valence-electron chi connectivity index (χ0n) is 31.6. The number of amides is 3. The van der Waals surface area contributed by atoms with Gasteiger partial charge in [-0.3, -0.25) is 19.2 Å². The van der Waals surface area contributed by atoms with E-state index < -0.39 is 65.2 Å². The highest BCUT2D eigenvalue weighted by atomic mass is 79.9. The smallest absolute Gasteiger partial charge is 0.313 e. The lowest BCUT2D eigenvalue weighted by Crippen LogP contribution is -2.63. The highest BCUT2D eigenvalue weighted by Gasteiger charge is 2.76. The van der Waals surface area contributed by atoms with E-state index in [1.165, 1.54) is 4.90 Å². The van der Waals surface area contributed by atoms with Gasteiger partial charge in [-0.1, -0.05) is 99.5 Å². The highest BCUT2D eigenvalue weighted by molar-refractivity contribution is 9.11. The largest absolute Gasteiger partial charge is 0.455 e. The van der Waals surface area contributed by atoms with Gasteiger partial charge in [0.2, 0.25) is 17.7 Å². The summed E-state index contributed by atoms with van der Waals surface area (Å²) >= 11 is 3.66. The second-order valence-electron chi connectivity index (χ2n) is 16.7. The highest BCUT2D eigenvalue weighted by Crippen LogP contribution is 2.60. The number of nitrogens with zero attached hydrogens (tertiary/aromatic N) is 3. The van der Waals surface area contributed by atoms with Gasteiger partial charge in [0.15, 0.2) is 0 Å². The Labute approximate surface area is 311 Å². The van der Waals surface area contributed by atoms with Crippen LogP contribution in [0.3, 0.4) is 0 Å². The molecule has 4 aliphatic rings. The predicted octanol–water partition coefficient (Wildman–Crippen LogP) is 5.79. The number of benzene rings is 1. The van der Waals surface area contributed by atoms with Crippen LogP contribution < -0.4 is 0 Å². The van der Waals surface area contributed by atoms with Crippen molar-refractivity contribution in [3.63, 3.8) is 0 Å². The number of ether oxygens (including phenoxy) is 2. The molecule has 4 heterocycles. The number of hydrogen-bond acceptors (Lipinski definition) is 7. The van der Waals surface area contributed by atoms with Crippen LogP contribution in [0.4, 0.5) is 0 Å². The van der Waals surface area contributed by atoms with Gasteiger partial charge in [0, 0.05) is 30.0 Å². The van der Waals surface area contributed by atoms with E-state index >= 15 is 4.79 Å². The van der Waals surface area contributed by atoms with Gasteiger partial charge in [0.1, 0.15) is 29.8 Å². The molecule has 1 aromatic rings. The van der Waals surface area contributed by atoms with Crippen molar-refractivity contribution in [3.05, 3.63) is 58.6 Å². The first kappa shape index (κ1) is 39.2. The van der Waals surface area contributed by atoms with Gasteiger partial charge in [0.05, 0.1) is 24.6 Å². The molecule has 280 valence electrons. The van der Waals surface area contributed by atoms with Gasteiger partial charge in [-0.05, 0) is 56.6 Å². The minimum absolute atomic E-state index is 0.104. The number of likely N-dealkylation sites (N-methyl/N-ethyl adjacent to an activating group) is 1. The Balaban J connectivity index is 1.70. The van der Waals surface area contributed by atoms with Crippen molar-refractivity contribution >= 4 is 39.6 Å². The predicted molar refractivity (Wildman–Crippen MR) is 198 cm³/mol. The molecule has 0 radical (unpaired) electrons. The molecule has 0 saturated carbocycles. The molecule has 9 atom stereocenters. The van der Waals surface area contributed by atoms with Crippen molar-refractivity contribution in [1.29, 1.82) is 0 Å². The number of halogens is 1. The fraction of sp³-hybridized carbons (Fsp3) is 0.650. The van der Waals surface area contributed by atoms with E-state index in [0.717, 1.165) is 0 Å². The summed E-state index contributed by atoms with van der Waals surface area (Å²) < 4.78 is 13.7. The van der Waals surface area contributed by atoms with Gasteiger partial charge in [0.25, 0.3) is 0 Å². The van der Waals surface area contributed by atoms with Crippen LogP contribution >= 0.6 is 15.9 Å². The molecule has 2 saturated heterocycles. The first-order valence-electron chi connectivity index (χ1n) is 18.4. The number of fused-ring (bicyclic) bond motifs is 2. The van der Waals surface area contributed by atoms with E-state index in [-0.39, 0.29) is 42.7 Å². The second-order valence-corrected chi connectivity index (χ2v) is 17.6. The molecular formula is C40H56BrN3O7. The number of esters is 1. The lowest BCUT2D eigenvalue weighted by atomic mass is 9.74. The standard InChI is InChI=1S/C40H56BrN3O7/c1-10-24(2)28(22-45)44-34-36(48)43(39(7,8)23-38(4,5)6)20-16-12-15-19-29(46)42(9)25(3)32(26-17-13-11-14-18-26)50-37(49)30-31(35(44)47)40(34)21-27(41)33(30)51-40/h11-14,16-18,21,24-25,28,30-34,45H,10,15,19-20,22-23H2,1-9H3/b16-12-/t24-,25-,28-,30+,31-,32+,33+,34+,40-/m0/s1. The number of carbonyl (C=O) groups excluding carboxylic acids is 4. The Bertz CT molecular complexity index is 1550. The third kappa shape index (κ3) is 7.19. The summed E-state index contributed by atoms with van der Waals surface area (Å²) in [5.41, 5.74) is -1.57. The van der Waals surface area contributed by atoms with Crippen molar-refractivity contribution in [1.82, 2.24) is 14.7 Å². The summed E-state index contributed by atoms with van der Waals surface area (Å²) in [6, 6.07) is 6.93. The SMILES string of the molecule is CC[C@H](C)[C@H](CO)N1C(=O)[C@@H]2[C@H]3C(=O)O[C@@H](c4ccccc4)[C@H](C)N(C)C(=O)CC/C=C\CN(C(C)(C)CC(C)(C)C)C(=O)[C@@H]1[C@]21C=C(Br)[C@H]3O1. The van der Waals surface area contributed by atoms with Crippen molar-refractivity contribution in [2.75, 3.05) is 20.2 Å². The summed E-state index contributed by atoms with van der Waals surface area (Å²) in [5.74, 6) is -3.74. The van der Waals surface area contributed by atoms with E-state index in [2.05, 4.69) is 36.7 Å². The number of allylic oxidation sites excluding steroid dienone is 1. The Morgan fingerprint density at radius 3 is 2.29 bits per heavy atom. The monoisotopic (exact) mass is 769 g/mol. The van der Waals surface area contributed by atoms with Crippen LogP contribution in [0.15, 0.2) is 53.0 Å². The average molecular weight is 771 g/mol. The van der Waals surface area contributed by atoms with Crippen molar-refractivity contribution in [2.24, 2.45) is 23.2 Å². The van der Waals surface area contributed by atoms with Crippen LogP contribution in [-0.4, -0.2) is 99.1 Å². The molecule has 11 heteroatoms. The van der Waals surface area contributed by atoms with Crippen molar-refractivity contribution in [3.8, 4) is 0 Å². The third-order valence-corrected chi connectivity index (χ3v) is 12.1. The summed E-state index contributed by atoms with van der Waals surface area (Å²) in [6.07, 6.45) is 5.99. The van der Waals surface area contributed by atoms with Gasteiger partial charge >= 0.3 is 5.97 Å². The number of rotatable bonds is 7. The van der Waals surface area contributed by atoms with E-state index in [1.54, 1.807) is 18.0 Å². The summed E-state index contributed by atoms with van der Waals surface area (Å²) in [5, 5.41) is 10.9. The molecule has 1 spiro atoms. The lowest BCUT2D eigenvalue weighted by Gasteiger charge is -2.46. The Morgan fingerprint density at radius 1 is 1.02 bits per heavy atom.